The molecule has 2 rings (SSSR count). The number of hydrogen-bond donors (Lipinski definition) is 5. The molecule has 9 nitrogen and oxygen atoms in total. The summed E-state index contributed by atoms with van der Waals surface area (Å²) in [7, 11) is 0. The minimum Gasteiger partial charge on any atom is -0.394 e. The molecule has 0 amide bonds. The number of nitrogen functional groups attached to an aromatic ring is 1. The number of H-pyrrole nitrogens is 1. The molecule has 0 aliphatic carbocycles. The molecule has 0 saturated carbocycles. The molecule has 0 bridgehead atoms. The van der Waals surface area contributed by atoms with E-state index in [4.69, 9.17) is 15.6 Å². The van der Waals surface area contributed by atoms with Gasteiger partial charge in [-0.15, -0.1) is 12.4 Å². The van der Waals surface area contributed by atoms with Crippen LogP contribution in [-0.2, 0) is 4.74 Å². The SMILES string of the molecule is Cl.Nc1cn([C@@H]2O[C@H](CO)[C@@H](O)[C@H]2O)c(=O)[nH]c1=O. The smallest absolute Gasteiger partial charge is 0.330 e. The molecule has 19 heavy (non-hydrogen) atoms. The van der Waals surface area contributed by atoms with Crippen LogP contribution >= 0.6 is 12.4 Å². The van der Waals surface area contributed by atoms with Gasteiger partial charge in [0.2, 0.25) is 0 Å². The number of rotatable bonds is 2. The van der Waals surface area contributed by atoms with E-state index in [2.05, 4.69) is 0 Å². The predicted octanol–water partition coefficient (Wildman–Crippen LogP) is -2.85. The van der Waals surface area contributed by atoms with Gasteiger partial charge in [-0.1, -0.05) is 0 Å². The fourth-order valence-electron chi connectivity index (χ4n) is 1.80. The van der Waals surface area contributed by atoms with Gasteiger partial charge in [-0.2, -0.15) is 0 Å². The maximum absolute atomic E-state index is 11.5. The molecule has 1 aliphatic rings. The van der Waals surface area contributed by atoms with Gasteiger partial charge in [0.25, 0.3) is 5.56 Å². The van der Waals surface area contributed by atoms with E-state index in [0.29, 0.717) is 0 Å². The van der Waals surface area contributed by atoms with E-state index in [1.54, 1.807) is 0 Å². The Balaban J connectivity index is 0.00000180. The van der Waals surface area contributed by atoms with Crippen LogP contribution < -0.4 is 17.0 Å². The molecule has 4 atom stereocenters. The quantitative estimate of drug-likeness (QED) is 0.394. The first-order valence-electron chi connectivity index (χ1n) is 5.19. The number of hydrogen-bond acceptors (Lipinski definition) is 7. The van der Waals surface area contributed by atoms with E-state index in [1.165, 1.54) is 0 Å². The molecular weight excluding hydrogens is 282 g/mol. The Morgan fingerprint density at radius 2 is 2.00 bits per heavy atom. The number of nitrogens with two attached hydrogens (primary N) is 1. The summed E-state index contributed by atoms with van der Waals surface area (Å²) in [5.74, 6) is 0. The van der Waals surface area contributed by atoms with Gasteiger partial charge in [0.1, 0.15) is 24.0 Å². The second-order valence-corrected chi connectivity index (χ2v) is 3.98. The number of anilines is 1. The molecule has 0 spiro atoms. The third-order valence-corrected chi connectivity index (χ3v) is 2.79. The molecule has 0 unspecified atom stereocenters. The van der Waals surface area contributed by atoms with Crippen LogP contribution in [0.15, 0.2) is 15.8 Å². The van der Waals surface area contributed by atoms with Crippen molar-refractivity contribution in [3.63, 3.8) is 0 Å². The number of halogens is 1. The van der Waals surface area contributed by atoms with Crippen LogP contribution in [0.5, 0.6) is 0 Å². The third kappa shape index (κ3) is 2.65. The maximum atomic E-state index is 11.5. The summed E-state index contributed by atoms with van der Waals surface area (Å²) in [6.45, 7) is -0.512. The summed E-state index contributed by atoms with van der Waals surface area (Å²) >= 11 is 0. The standard InChI is InChI=1S/C9H13N3O6.ClH/c10-3-1-12(9(17)11-7(3)16)8-6(15)5(14)4(2-13)18-8;/h1,4-6,8,13-15H,2,10H2,(H,11,16,17);1H/t4-,5-,6-,8-;/m1./s1. The van der Waals surface area contributed by atoms with Gasteiger partial charge in [0, 0.05) is 6.20 Å². The molecule has 1 fully saturated rings. The third-order valence-electron chi connectivity index (χ3n) is 2.79. The normalized spacial score (nSPS) is 30.1. The van der Waals surface area contributed by atoms with Crippen LogP contribution in [0.1, 0.15) is 6.23 Å². The largest absolute Gasteiger partial charge is 0.394 e. The molecular formula is C9H14ClN3O6. The summed E-state index contributed by atoms with van der Waals surface area (Å²) in [6, 6.07) is 0. The Hall–Kier alpha value is -1.39. The Bertz CT molecular complexity index is 558. The van der Waals surface area contributed by atoms with Crippen molar-refractivity contribution in [2.75, 3.05) is 12.3 Å². The lowest BCUT2D eigenvalue weighted by Crippen LogP contribution is -2.38. The van der Waals surface area contributed by atoms with Gasteiger partial charge in [-0.05, 0) is 0 Å². The highest BCUT2D eigenvalue weighted by Crippen LogP contribution is 2.27. The van der Waals surface area contributed by atoms with Crippen LogP contribution in [-0.4, -0.2) is 49.8 Å². The van der Waals surface area contributed by atoms with Crippen molar-refractivity contribution in [1.29, 1.82) is 0 Å². The van der Waals surface area contributed by atoms with Gasteiger partial charge >= 0.3 is 5.69 Å². The van der Waals surface area contributed by atoms with E-state index >= 15 is 0 Å². The molecule has 2 heterocycles. The Morgan fingerprint density at radius 3 is 2.53 bits per heavy atom. The number of nitrogens with one attached hydrogen (secondary N) is 1. The van der Waals surface area contributed by atoms with E-state index in [0.717, 1.165) is 10.8 Å². The summed E-state index contributed by atoms with van der Waals surface area (Å²) < 4.78 is 5.99. The molecule has 1 aliphatic heterocycles. The number of aromatic nitrogens is 2. The average Bonchev–Trinajstić information content (AvgIpc) is 2.61. The molecule has 1 aromatic heterocycles. The van der Waals surface area contributed by atoms with Gasteiger partial charge in [0.15, 0.2) is 6.23 Å². The zero-order valence-corrected chi connectivity index (χ0v) is 10.4. The van der Waals surface area contributed by atoms with Crippen LogP contribution in [0.4, 0.5) is 5.69 Å². The zero-order chi connectivity index (χ0) is 13.4. The predicted molar refractivity (Wildman–Crippen MR) is 66.0 cm³/mol. The number of nitrogens with zero attached hydrogens (tertiary/aromatic N) is 1. The van der Waals surface area contributed by atoms with Crippen molar-refractivity contribution < 1.29 is 20.1 Å². The van der Waals surface area contributed by atoms with Crippen molar-refractivity contribution in [1.82, 2.24) is 9.55 Å². The van der Waals surface area contributed by atoms with E-state index in [1.807, 2.05) is 4.98 Å². The van der Waals surface area contributed by atoms with Crippen molar-refractivity contribution in [3.8, 4) is 0 Å². The fourth-order valence-corrected chi connectivity index (χ4v) is 1.80. The lowest BCUT2D eigenvalue weighted by atomic mass is 10.1. The Kier molecular flexibility index (Phi) is 4.71. The molecule has 108 valence electrons. The van der Waals surface area contributed by atoms with Crippen molar-refractivity contribution in [3.05, 3.63) is 27.0 Å². The monoisotopic (exact) mass is 295 g/mol. The van der Waals surface area contributed by atoms with Crippen LogP contribution in [0.2, 0.25) is 0 Å². The highest BCUT2D eigenvalue weighted by Gasteiger charge is 2.43. The molecule has 0 radical (unpaired) electrons. The lowest BCUT2D eigenvalue weighted by Gasteiger charge is -2.17. The highest BCUT2D eigenvalue weighted by molar-refractivity contribution is 5.85. The molecule has 1 aromatic rings. The van der Waals surface area contributed by atoms with Crippen LogP contribution in [0.25, 0.3) is 0 Å². The molecule has 10 heteroatoms. The minimum absolute atomic E-state index is 0. The minimum atomic E-state index is -1.41. The zero-order valence-electron chi connectivity index (χ0n) is 9.59. The van der Waals surface area contributed by atoms with Gasteiger partial charge < -0.3 is 25.8 Å². The summed E-state index contributed by atoms with van der Waals surface area (Å²) in [4.78, 5) is 24.6. The second-order valence-electron chi connectivity index (χ2n) is 3.98. The van der Waals surface area contributed by atoms with Crippen LogP contribution in [0, 0.1) is 0 Å². The van der Waals surface area contributed by atoms with Gasteiger partial charge in [-0.3, -0.25) is 14.3 Å². The van der Waals surface area contributed by atoms with Gasteiger partial charge in [-0.25, -0.2) is 4.79 Å². The molecule has 1 saturated heterocycles. The van der Waals surface area contributed by atoms with Gasteiger partial charge in [0.05, 0.1) is 6.61 Å². The number of aliphatic hydroxyl groups excluding tert-OH is 3. The summed E-state index contributed by atoms with van der Waals surface area (Å²) in [5, 5.41) is 28.2. The summed E-state index contributed by atoms with van der Waals surface area (Å²) in [5.41, 5.74) is 3.55. The first-order valence-corrected chi connectivity index (χ1v) is 5.19. The fraction of sp³-hybridized carbons (Fsp3) is 0.556. The number of aromatic amines is 1. The molecule has 0 aromatic carbocycles. The lowest BCUT2D eigenvalue weighted by molar-refractivity contribution is -0.0549. The number of ether oxygens (including phenoxy) is 1. The first kappa shape index (κ1) is 15.7. The average molecular weight is 296 g/mol. The van der Waals surface area contributed by atoms with Crippen molar-refractivity contribution in [2.24, 2.45) is 0 Å². The highest BCUT2D eigenvalue weighted by atomic mass is 35.5. The van der Waals surface area contributed by atoms with Crippen molar-refractivity contribution in [2.45, 2.75) is 24.5 Å². The van der Waals surface area contributed by atoms with Crippen molar-refractivity contribution >= 4 is 18.1 Å². The van der Waals surface area contributed by atoms with Crippen LogP contribution in [0.3, 0.4) is 0 Å². The first-order chi connectivity index (χ1) is 8.45. The van der Waals surface area contributed by atoms with E-state index < -0.39 is 42.4 Å². The second kappa shape index (κ2) is 5.72. The topological polar surface area (TPSA) is 151 Å². The summed E-state index contributed by atoms with van der Waals surface area (Å²) in [6.07, 6.45) is -3.96. The Labute approximate surface area is 112 Å². The van der Waals surface area contributed by atoms with E-state index in [-0.39, 0.29) is 18.1 Å². The maximum Gasteiger partial charge on any atom is 0.330 e. The van der Waals surface area contributed by atoms with E-state index in [9.17, 15) is 19.8 Å². The molecule has 6 N–H and O–H groups in total. The number of aliphatic hydroxyl groups is 3. The Morgan fingerprint density at radius 1 is 1.37 bits per heavy atom.